The molecule has 0 unspecified atom stereocenters. The van der Waals surface area contributed by atoms with Crippen LogP contribution in [-0.2, 0) is 22.7 Å². The third-order valence-corrected chi connectivity index (χ3v) is 4.93. The molecule has 1 atom stereocenters. The predicted octanol–water partition coefficient (Wildman–Crippen LogP) is 2.79. The van der Waals surface area contributed by atoms with E-state index in [-0.39, 0.29) is 17.7 Å². The minimum absolute atomic E-state index is 0.0307. The van der Waals surface area contributed by atoms with Crippen LogP contribution in [0.15, 0.2) is 48.7 Å². The first-order chi connectivity index (χ1) is 12.6. The Balaban J connectivity index is 1.81. The molecule has 1 aromatic carbocycles. The van der Waals surface area contributed by atoms with Crippen molar-refractivity contribution in [3.8, 4) is 0 Å². The first-order valence-corrected chi connectivity index (χ1v) is 9.09. The highest BCUT2D eigenvalue weighted by Crippen LogP contribution is 2.22. The van der Waals surface area contributed by atoms with Gasteiger partial charge in [0.05, 0.1) is 18.2 Å². The zero-order chi connectivity index (χ0) is 18.5. The van der Waals surface area contributed by atoms with Gasteiger partial charge in [0, 0.05) is 32.3 Å². The van der Waals surface area contributed by atoms with Crippen LogP contribution in [-0.4, -0.2) is 39.7 Å². The molecule has 1 fully saturated rings. The van der Waals surface area contributed by atoms with E-state index in [0.29, 0.717) is 32.6 Å². The van der Waals surface area contributed by atoms with Crippen molar-refractivity contribution >= 4 is 11.8 Å². The summed E-state index contributed by atoms with van der Waals surface area (Å²) in [7, 11) is 0. The standard InChI is InChI=1S/C21H25N3O2/c1-3-23-14-18(12-20(23)25)21(26)24(13-17-9-5-4-6-10-17)15-19-16(2)8-7-11-22-19/h4-11,18H,3,12-15H2,1-2H3/t18-/m0/s1. The van der Waals surface area contributed by atoms with Gasteiger partial charge >= 0.3 is 0 Å². The second kappa shape index (κ2) is 8.13. The number of amides is 2. The van der Waals surface area contributed by atoms with Crippen molar-refractivity contribution < 1.29 is 9.59 Å². The molecule has 1 aromatic heterocycles. The molecule has 2 heterocycles. The fourth-order valence-electron chi connectivity index (χ4n) is 3.38. The predicted molar refractivity (Wildman–Crippen MR) is 100 cm³/mol. The van der Waals surface area contributed by atoms with Gasteiger partial charge < -0.3 is 9.80 Å². The van der Waals surface area contributed by atoms with Crippen LogP contribution in [0, 0.1) is 12.8 Å². The number of benzene rings is 1. The fraction of sp³-hybridized carbons (Fsp3) is 0.381. The Morgan fingerprint density at radius 1 is 1.19 bits per heavy atom. The monoisotopic (exact) mass is 351 g/mol. The Labute approximate surface area is 154 Å². The summed E-state index contributed by atoms with van der Waals surface area (Å²) in [5.74, 6) is -0.169. The van der Waals surface area contributed by atoms with E-state index >= 15 is 0 Å². The summed E-state index contributed by atoms with van der Waals surface area (Å²) in [4.78, 5) is 33.3. The summed E-state index contributed by atoms with van der Waals surface area (Å²) < 4.78 is 0. The molecule has 1 aliphatic heterocycles. The summed E-state index contributed by atoms with van der Waals surface area (Å²) in [5.41, 5.74) is 3.04. The Morgan fingerprint density at radius 3 is 2.62 bits per heavy atom. The van der Waals surface area contributed by atoms with Crippen LogP contribution >= 0.6 is 0 Å². The van der Waals surface area contributed by atoms with Crippen molar-refractivity contribution in [2.24, 2.45) is 5.92 Å². The van der Waals surface area contributed by atoms with E-state index in [2.05, 4.69) is 4.98 Å². The molecule has 2 amide bonds. The van der Waals surface area contributed by atoms with Gasteiger partial charge in [-0.05, 0) is 31.0 Å². The molecule has 3 rings (SSSR count). The van der Waals surface area contributed by atoms with E-state index in [1.165, 1.54) is 0 Å². The van der Waals surface area contributed by atoms with Gasteiger partial charge in [-0.2, -0.15) is 0 Å². The number of pyridine rings is 1. The van der Waals surface area contributed by atoms with Crippen molar-refractivity contribution in [3.63, 3.8) is 0 Å². The molecule has 5 heteroatoms. The number of aromatic nitrogens is 1. The average molecular weight is 351 g/mol. The molecule has 0 spiro atoms. The third-order valence-electron chi connectivity index (χ3n) is 4.93. The zero-order valence-corrected chi connectivity index (χ0v) is 15.4. The highest BCUT2D eigenvalue weighted by Gasteiger charge is 2.36. The third kappa shape index (κ3) is 4.10. The van der Waals surface area contributed by atoms with E-state index in [0.717, 1.165) is 16.8 Å². The van der Waals surface area contributed by atoms with Crippen LogP contribution in [0.5, 0.6) is 0 Å². The van der Waals surface area contributed by atoms with E-state index in [1.54, 1.807) is 11.1 Å². The minimum Gasteiger partial charge on any atom is -0.342 e. The molecule has 1 saturated heterocycles. The molecular weight excluding hydrogens is 326 g/mol. The van der Waals surface area contributed by atoms with E-state index < -0.39 is 0 Å². The van der Waals surface area contributed by atoms with Gasteiger partial charge in [-0.25, -0.2) is 0 Å². The van der Waals surface area contributed by atoms with E-state index in [9.17, 15) is 9.59 Å². The quantitative estimate of drug-likeness (QED) is 0.804. The summed E-state index contributed by atoms with van der Waals surface area (Å²) in [5, 5.41) is 0. The smallest absolute Gasteiger partial charge is 0.228 e. The van der Waals surface area contributed by atoms with Crippen molar-refractivity contribution in [3.05, 3.63) is 65.5 Å². The Bertz CT molecular complexity index is 776. The molecule has 5 nitrogen and oxygen atoms in total. The molecule has 1 aliphatic rings. The second-order valence-corrected chi connectivity index (χ2v) is 6.78. The maximum absolute atomic E-state index is 13.2. The molecule has 0 aliphatic carbocycles. The van der Waals surface area contributed by atoms with Crippen molar-refractivity contribution in [2.45, 2.75) is 33.4 Å². The van der Waals surface area contributed by atoms with Crippen LogP contribution in [0.3, 0.4) is 0 Å². The molecular formula is C21H25N3O2. The summed E-state index contributed by atoms with van der Waals surface area (Å²) in [6, 6.07) is 13.9. The maximum atomic E-state index is 13.2. The van der Waals surface area contributed by atoms with Crippen LogP contribution in [0.25, 0.3) is 0 Å². The number of hydrogen-bond donors (Lipinski definition) is 0. The number of hydrogen-bond acceptors (Lipinski definition) is 3. The average Bonchev–Trinajstić information content (AvgIpc) is 3.04. The molecule has 2 aromatic rings. The largest absolute Gasteiger partial charge is 0.342 e. The molecule has 0 saturated carbocycles. The number of nitrogens with zero attached hydrogens (tertiary/aromatic N) is 3. The topological polar surface area (TPSA) is 53.5 Å². The normalized spacial score (nSPS) is 16.8. The van der Waals surface area contributed by atoms with E-state index in [1.807, 2.05) is 61.2 Å². The SMILES string of the molecule is CCN1C[C@@H](C(=O)N(Cc2ccccc2)Cc2ncccc2C)CC1=O. The maximum Gasteiger partial charge on any atom is 0.228 e. The summed E-state index contributed by atoms with van der Waals surface area (Å²) >= 11 is 0. The molecule has 0 bridgehead atoms. The number of carbonyl (C=O) groups excluding carboxylic acids is 2. The number of likely N-dealkylation sites (tertiary alicyclic amines) is 1. The Morgan fingerprint density at radius 2 is 1.96 bits per heavy atom. The van der Waals surface area contributed by atoms with Gasteiger partial charge in [0.1, 0.15) is 0 Å². The highest BCUT2D eigenvalue weighted by molar-refractivity contribution is 5.89. The van der Waals surface area contributed by atoms with E-state index in [4.69, 9.17) is 0 Å². The van der Waals surface area contributed by atoms with Gasteiger partial charge in [0.15, 0.2) is 0 Å². The second-order valence-electron chi connectivity index (χ2n) is 6.78. The van der Waals surface area contributed by atoms with Crippen LogP contribution in [0.1, 0.15) is 30.2 Å². The van der Waals surface area contributed by atoms with Gasteiger partial charge in [0.2, 0.25) is 11.8 Å². The Kier molecular flexibility index (Phi) is 5.66. The molecule has 0 N–H and O–H groups in total. The lowest BCUT2D eigenvalue weighted by Gasteiger charge is -2.26. The lowest BCUT2D eigenvalue weighted by atomic mass is 10.1. The lowest BCUT2D eigenvalue weighted by molar-refractivity contribution is -0.137. The first kappa shape index (κ1) is 18.1. The lowest BCUT2D eigenvalue weighted by Crippen LogP contribution is -2.37. The molecule has 0 radical (unpaired) electrons. The molecule has 136 valence electrons. The fourth-order valence-corrected chi connectivity index (χ4v) is 3.38. The zero-order valence-electron chi connectivity index (χ0n) is 15.4. The number of rotatable bonds is 6. The highest BCUT2D eigenvalue weighted by atomic mass is 16.2. The van der Waals surface area contributed by atoms with Gasteiger partial charge in [-0.15, -0.1) is 0 Å². The van der Waals surface area contributed by atoms with Gasteiger partial charge in [0.25, 0.3) is 0 Å². The van der Waals surface area contributed by atoms with Crippen molar-refractivity contribution in [1.82, 2.24) is 14.8 Å². The van der Waals surface area contributed by atoms with Crippen molar-refractivity contribution in [2.75, 3.05) is 13.1 Å². The van der Waals surface area contributed by atoms with Crippen molar-refractivity contribution in [1.29, 1.82) is 0 Å². The first-order valence-electron chi connectivity index (χ1n) is 9.09. The number of carbonyl (C=O) groups is 2. The minimum atomic E-state index is -0.268. The Hall–Kier alpha value is -2.69. The van der Waals surface area contributed by atoms with Gasteiger partial charge in [-0.3, -0.25) is 14.6 Å². The van der Waals surface area contributed by atoms with Gasteiger partial charge in [-0.1, -0.05) is 36.4 Å². The van der Waals surface area contributed by atoms with Crippen LogP contribution in [0.2, 0.25) is 0 Å². The van der Waals surface area contributed by atoms with Crippen LogP contribution < -0.4 is 0 Å². The summed E-state index contributed by atoms with van der Waals surface area (Å²) in [6.45, 7) is 6.10. The molecule has 26 heavy (non-hydrogen) atoms. The summed E-state index contributed by atoms with van der Waals surface area (Å²) in [6.07, 6.45) is 2.06. The van der Waals surface area contributed by atoms with Crippen LogP contribution in [0.4, 0.5) is 0 Å². The number of aryl methyl sites for hydroxylation is 1.